The summed E-state index contributed by atoms with van der Waals surface area (Å²) >= 11 is 6.00. The third kappa shape index (κ3) is 4.11. The molecular formula is C20H18ClFN6O2. The van der Waals surface area contributed by atoms with E-state index >= 15 is 0 Å². The Labute approximate surface area is 177 Å². The van der Waals surface area contributed by atoms with Crippen LogP contribution in [0, 0.1) is 15.9 Å². The summed E-state index contributed by atoms with van der Waals surface area (Å²) in [5.41, 5.74) is 0.897. The van der Waals surface area contributed by atoms with E-state index in [4.69, 9.17) is 11.6 Å². The number of nitro groups is 1. The van der Waals surface area contributed by atoms with Crippen molar-refractivity contribution in [2.75, 3.05) is 41.3 Å². The van der Waals surface area contributed by atoms with E-state index in [0.29, 0.717) is 42.6 Å². The number of hydrogen-bond donors (Lipinski definition) is 1. The van der Waals surface area contributed by atoms with Gasteiger partial charge < -0.3 is 15.1 Å². The molecule has 10 heteroatoms. The fourth-order valence-electron chi connectivity index (χ4n) is 3.43. The number of piperazine rings is 1. The standard InChI is InChI=1S/C20H18ClFN6O2/c21-14-4-3-5-15(12-14)25-19-18(28(29)30)20(24-13-23-19)27-10-8-26(9-11-27)17-7-2-1-6-16(17)22/h1-7,12-13H,8-11H2,(H,23,24,25). The Balaban J connectivity index is 1.57. The van der Waals surface area contributed by atoms with Gasteiger partial charge in [0.1, 0.15) is 12.1 Å². The van der Waals surface area contributed by atoms with Crippen LogP contribution in [0.2, 0.25) is 5.02 Å². The zero-order chi connectivity index (χ0) is 21.1. The molecule has 1 aliphatic heterocycles. The summed E-state index contributed by atoms with van der Waals surface area (Å²) in [4.78, 5) is 23.3. The van der Waals surface area contributed by atoms with Crippen molar-refractivity contribution in [1.82, 2.24) is 9.97 Å². The third-order valence-corrected chi connectivity index (χ3v) is 5.08. The number of nitrogens with one attached hydrogen (secondary N) is 1. The van der Waals surface area contributed by atoms with Gasteiger partial charge in [-0.2, -0.15) is 0 Å². The number of nitrogens with zero attached hydrogens (tertiary/aromatic N) is 5. The maximum Gasteiger partial charge on any atom is 0.353 e. The van der Waals surface area contributed by atoms with Gasteiger partial charge in [-0.25, -0.2) is 14.4 Å². The summed E-state index contributed by atoms with van der Waals surface area (Å²) in [6, 6.07) is 13.4. The maximum atomic E-state index is 14.1. The zero-order valence-corrected chi connectivity index (χ0v) is 16.6. The van der Waals surface area contributed by atoms with Gasteiger partial charge in [-0.1, -0.05) is 29.8 Å². The van der Waals surface area contributed by atoms with Crippen molar-refractivity contribution in [2.24, 2.45) is 0 Å². The lowest BCUT2D eigenvalue weighted by Gasteiger charge is -2.36. The topological polar surface area (TPSA) is 87.4 Å². The summed E-state index contributed by atoms with van der Waals surface area (Å²) in [5, 5.41) is 15.3. The fourth-order valence-corrected chi connectivity index (χ4v) is 3.62. The van der Waals surface area contributed by atoms with Gasteiger partial charge in [-0.15, -0.1) is 0 Å². The van der Waals surface area contributed by atoms with Crippen LogP contribution in [0.5, 0.6) is 0 Å². The Bertz CT molecular complexity index is 1070. The first-order valence-corrected chi connectivity index (χ1v) is 9.67. The smallest absolute Gasteiger partial charge is 0.353 e. The van der Waals surface area contributed by atoms with Crippen LogP contribution in [0.4, 0.5) is 33.1 Å². The molecule has 2 heterocycles. The molecule has 1 fully saturated rings. The minimum Gasteiger partial charge on any atom is -0.366 e. The van der Waals surface area contributed by atoms with Gasteiger partial charge in [0, 0.05) is 36.9 Å². The summed E-state index contributed by atoms with van der Waals surface area (Å²) in [7, 11) is 0. The van der Waals surface area contributed by atoms with Crippen LogP contribution < -0.4 is 15.1 Å². The Morgan fingerprint density at radius 2 is 1.77 bits per heavy atom. The quantitative estimate of drug-likeness (QED) is 0.480. The summed E-state index contributed by atoms with van der Waals surface area (Å²) in [6.45, 7) is 1.95. The molecule has 0 aliphatic carbocycles. The van der Waals surface area contributed by atoms with Gasteiger partial charge in [0.2, 0.25) is 11.6 Å². The highest BCUT2D eigenvalue weighted by atomic mass is 35.5. The van der Waals surface area contributed by atoms with E-state index in [9.17, 15) is 14.5 Å². The lowest BCUT2D eigenvalue weighted by molar-refractivity contribution is -0.383. The molecule has 0 radical (unpaired) electrons. The molecule has 0 spiro atoms. The number of rotatable bonds is 5. The first-order valence-electron chi connectivity index (χ1n) is 9.29. The van der Waals surface area contributed by atoms with Crippen LogP contribution >= 0.6 is 11.6 Å². The number of para-hydroxylation sites is 1. The zero-order valence-electron chi connectivity index (χ0n) is 15.8. The molecule has 0 atom stereocenters. The number of hydrogen-bond acceptors (Lipinski definition) is 7. The molecule has 0 saturated carbocycles. The Morgan fingerprint density at radius 1 is 1.03 bits per heavy atom. The van der Waals surface area contributed by atoms with Crippen molar-refractivity contribution in [3.63, 3.8) is 0 Å². The first-order chi connectivity index (χ1) is 14.5. The Morgan fingerprint density at radius 3 is 2.47 bits per heavy atom. The van der Waals surface area contributed by atoms with E-state index < -0.39 is 4.92 Å². The van der Waals surface area contributed by atoms with Gasteiger partial charge in [0.25, 0.3) is 0 Å². The molecule has 3 aromatic rings. The second-order valence-corrected chi connectivity index (χ2v) is 7.15. The third-order valence-electron chi connectivity index (χ3n) is 4.85. The van der Waals surface area contributed by atoms with Crippen LogP contribution in [-0.2, 0) is 0 Å². The van der Waals surface area contributed by atoms with Gasteiger partial charge in [-0.05, 0) is 30.3 Å². The van der Waals surface area contributed by atoms with E-state index in [1.807, 2.05) is 9.80 Å². The van der Waals surface area contributed by atoms with Crippen molar-refractivity contribution in [3.8, 4) is 0 Å². The number of anilines is 4. The minimum absolute atomic E-state index is 0.0869. The normalized spacial score (nSPS) is 13.9. The number of aromatic nitrogens is 2. The van der Waals surface area contributed by atoms with Crippen molar-refractivity contribution < 1.29 is 9.31 Å². The highest BCUT2D eigenvalue weighted by Gasteiger charge is 2.29. The number of benzene rings is 2. The largest absolute Gasteiger partial charge is 0.366 e. The second-order valence-electron chi connectivity index (χ2n) is 6.71. The molecule has 1 N–H and O–H groups in total. The Hall–Kier alpha value is -3.46. The molecular weight excluding hydrogens is 411 g/mol. The Kier molecular flexibility index (Phi) is 5.62. The van der Waals surface area contributed by atoms with E-state index in [2.05, 4.69) is 15.3 Å². The molecule has 154 valence electrons. The van der Waals surface area contributed by atoms with E-state index in [0.717, 1.165) is 0 Å². The highest BCUT2D eigenvalue weighted by molar-refractivity contribution is 6.30. The van der Waals surface area contributed by atoms with E-state index in [1.54, 1.807) is 42.5 Å². The van der Waals surface area contributed by atoms with Crippen LogP contribution in [0.3, 0.4) is 0 Å². The average molecular weight is 429 g/mol. The lowest BCUT2D eigenvalue weighted by atomic mass is 10.2. The second kappa shape index (κ2) is 8.50. The van der Waals surface area contributed by atoms with Gasteiger partial charge in [0.05, 0.1) is 10.6 Å². The molecule has 0 amide bonds. The minimum atomic E-state index is -0.495. The van der Waals surface area contributed by atoms with E-state index in [1.165, 1.54) is 12.4 Å². The SMILES string of the molecule is O=[N+]([O-])c1c(Nc2cccc(Cl)c2)ncnc1N1CCN(c2ccccc2F)CC1. The molecule has 1 aliphatic rings. The highest BCUT2D eigenvalue weighted by Crippen LogP contribution is 2.34. The molecule has 4 rings (SSSR count). The average Bonchev–Trinajstić information content (AvgIpc) is 2.74. The van der Waals surface area contributed by atoms with Gasteiger partial charge in [0.15, 0.2) is 0 Å². The molecule has 8 nitrogen and oxygen atoms in total. The van der Waals surface area contributed by atoms with Crippen LogP contribution in [0.15, 0.2) is 54.9 Å². The predicted molar refractivity (Wildman–Crippen MR) is 114 cm³/mol. The monoisotopic (exact) mass is 428 g/mol. The van der Waals surface area contributed by atoms with E-state index in [-0.39, 0.29) is 23.1 Å². The summed E-state index contributed by atoms with van der Waals surface area (Å²) in [6.07, 6.45) is 1.29. The molecule has 30 heavy (non-hydrogen) atoms. The predicted octanol–water partition coefficient (Wildman–Crippen LogP) is 4.25. The van der Waals surface area contributed by atoms with Crippen molar-refractivity contribution >= 4 is 40.3 Å². The van der Waals surface area contributed by atoms with Gasteiger partial charge >= 0.3 is 5.69 Å². The van der Waals surface area contributed by atoms with Gasteiger partial charge in [-0.3, -0.25) is 10.1 Å². The van der Waals surface area contributed by atoms with Crippen molar-refractivity contribution in [3.05, 3.63) is 75.8 Å². The maximum absolute atomic E-state index is 14.1. The van der Waals surface area contributed by atoms with Crippen LogP contribution in [0.1, 0.15) is 0 Å². The fraction of sp³-hybridized carbons (Fsp3) is 0.200. The first kappa shape index (κ1) is 19.8. The molecule has 0 bridgehead atoms. The lowest BCUT2D eigenvalue weighted by Crippen LogP contribution is -2.47. The molecule has 1 saturated heterocycles. The molecule has 1 aromatic heterocycles. The van der Waals surface area contributed by atoms with Crippen LogP contribution in [-0.4, -0.2) is 41.1 Å². The van der Waals surface area contributed by atoms with Crippen LogP contribution in [0.25, 0.3) is 0 Å². The summed E-state index contributed by atoms with van der Waals surface area (Å²) in [5.74, 6) is 0.0310. The van der Waals surface area contributed by atoms with Crippen molar-refractivity contribution in [1.29, 1.82) is 0 Å². The summed E-state index contributed by atoms with van der Waals surface area (Å²) < 4.78 is 14.1. The van der Waals surface area contributed by atoms with Crippen molar-refractivity contribution in [2.45, 2.75) is 0 Å². The number of halogens is 2. The molecule has 2 aromatic carbocycles. The molecule has 0 unspecified atom stereocenters.